The van der Waals surface area contributed by atoms with Gasteiger partial charge in [-0.2, -0.15) is 22.7 Å². The number of rotatable bonds is 25. The van der Waals surface area contributed by atoms with Crippen LogP contribution >= 0.6 is 183 Å². The molecule has 15 N–H and O–H groups in total. The Kier molecular flexibility index (Phi) is 81.0. The molecule has 8 aromatic rings. The predicted molar refractivity (Wildman–Crippen MR) is 643 cm³/mol. The molecule has 3 aliphatic heterocycles. The molecule has 51 heteroatoms. The average Bonchev–Trinajstić information content (AvgIpc) is 1.59. The fourth-order valence-electron chi connectivity index (χ4n) is 11.0. The number of aromatic nitrogens is 3. The summed E-state index contributed by atoms with van der Waals surface area (Å²) in [6.45, 7) is 43.5. The number of nitro groups is 2. The molecule has 813 valence electrons. The zero-order valence-electron chi connectivity index (χ0n) is 86.7. The molecule has 3 radical (unpaired) electrons. The first-order chi connectivity index (χ1) is 65.2. The van der Waals surface area contributed by atoms with E-state index in [1.165, 1.54) is 87.1 Å². The Morgan fingerprint density at radius 3 is 1.08 bits per heavy atom. The quantitative estimate of drug-likeness (QED) is 0.00371. The summed E-state index contributed by atoms with van der Waals surface area (Å²) in [4.78, 5) is 51.5. The van der Waals surface area contributed by atoms with E-state index in [4.69, 9.17) is 61.7 Å². The number of aliphatic hydroxyl groups excluding tert-OH is 1. The number of pyridine rings is 3. The van der Waals surface area contributed by atoms with E-state index in [-0.39, 0.29) is 126 Å². The van der Waals surface area contributed by atoms with E-state index >= 15 is 0 Å². The molecule has 3 aromatic heterocycles. The Balaban J connectivity index is -0.000000378. The van der Waals surface area contributed by atoms with Gasteiger partial charge >= 0.3 is 32.6 Å². The largest absolute Gasteiger partial charge is 0.495 e. The van der Waals surface area contributed by atoms with Crippen molar-refractivity contribution in [2.75, 3.05) is 187 Å². The van der Waals surface area contributed by atoms with Gasteiger partial charge in [0.05, 0.1) is 44.2 Å². The second-order valence-electron chi connectivity index (χ2n) is 34.8. The number of hydrogen-bond acceptors (Lipinski definition) is 29. The van der Waals surface area contributed by atoms with Gasteiger partial charge in [0.1, 0.15) is 57.0 Å². The van der Waals surface area contributed by atoms with Crippen LogP contribution in [0.2, 0.25) is 0 Å². The third kappa shape index (κ3) is 62.6. The normalized spacial score (nSPS) is 13.9. The average molecular weight is 3010 g/mol. The first kappa shape index (κ1) is 153. The van der Waals surface area contributed by atoms with Gasteiger partial charge in [-0.3, -0.25) is 19.3 Å². The molecule has 0 atom stereocenters. The number of aliphatic hydroxyl groups is 1. The van der Waals surface area contributed by atoms with Crippen LogP contribution in [0.25, 0.3) is 22.3 Å². The second-order valence-corrected chi connectivity index (χ2v) is 56.7. The van der Waals surface area contributed by atoms with Gasteiger partial charge < -0.3 is 192 Å². The van der Waals surface area contributed by atoms with E-state index in [1.807, 2.05) is 188 Å². The molecule has 0 spiro atoms. The van der Waals surface area contributed by atoms with Gasteiger partial charge in [0.15, 0.2) is 0 Å². The molecule has 0 saturated carbocycles. The number of nitrogens with one attached hydrogen (secondary N) is 4. The van der Waals surface area contributed by atoms with E-state index in [1.54, 1.807) is 31.3 Å². The number of hydrogen-bond donors (Lipinski definition) is 10. The molecular weight excluding hydrogens is 2870 g/mol. The van der Waals surface area contributed by atoms with Gasteiger partial charge in [-0.25, -0.2) is 31.9 Å². The summed E-state index contributed by atoms with van der Waals surface area (Å²) in [6.07, 6.45) is 4.85. The van der Waals surface area contributed by atoms with Crippen molar-refractivity contribution in [3.8, 4) is 22.3 Å². The first-order valence-electron chi connectivity index (χ1n) is 43.6. The summed E-state index contributed by atoms with van der Waals surface area (Å²) in [5.74, 6) is -1.97. The van der Waals surface area contributed by atoms with Crippen molar-refractivity contribution in [1.29, 1.82) is 0 Å². The van der Waals surface area contributed by atoms with E-state index < -0.39 is 59.6 Å². The molecule has 0 unspecified atom stereocenters. The Morgan fingerprint density at radius 2 is 0.786 bits per heavy atom. The van der Waals surface area contributed by atoms with Crippen LogP contribution in [0.3, 0.4) is 0 Å². The van der Waals surface area contributed by atoms with Crippen molar-refractivity contribution >= 4 is 273 Å². The SMILES string of the molecule is C.CC(I)(I)I.CC1(C)OB(B2OC(C)(C)C(C)(C)O2)OC1(C)C.CN(C)CCN.CN(C)CCNc1cc(F)cc(-c2ccnc(N)c2N)c1.CN(C)CCNc1cc(F)cc(-c2ccnc([N+](=O)[O-])c2N)c1.CN(C)CCNc1cc(F)cc(B2OC(C)(C)C(C)(C)O2)c1.CN(C)CCNc1cc(F)cc(Br)c1.CO.C[C-](I)I.C[CH-]I.Nc1nccc(Br)c1[N+](=O)[O-].O=Cc1cc(F)cc(Br)c1.[CH2-]C.[V].[V].[V]. The molecule has 145 heavy (non-hydrogen) atoms. The van der Waals surface area contributed by atoms with Crippen LogP contribution < -0.4 is 55.4 Å². The summed E-state index contributed by atoms with van der Waals surface area (Å²) in [6, 6.07) is 27.5. The zero-order chi connectivity index (χ0) is 109. The summed E-state index contributed by atoms with van der Waals surface area (Å²) < 4.78 is 108. The Labute approximate surface area is 1000 Å². The number of carbonyl (C=O) groups excluding carboxylic acids is 1. The maximum absolute atomic E-state index is 13.9. The number of benzene rings is 5. The summed E-state index contributed by atoms with van der Waals surface area (Å²) in [5, 5.41) is 40.9. The maximum Gasteiger partial charge on any atom is 0.495 e. The van der Waals surface area contributed by atoms with Crippen LogP contribution in [-0.4, -0.2) is 258 Å². The molecule has 6 heterocycles. The van der Waals surface area contributed by atoms with Crippen LogP contribution in [0.4, 0.5) is 79.2 Å². The zero-order valence-corrected chi connectivity index (χ0v) is 109. The summed E-state index contributed by atoms with van der Waals surface area (Å²) in [7, 11) is 19.4. The summed E-state index contributed by atoms with van der Waals surface area (Å²) in [5.41, 5.74) is 31.7. The third-order valence-corrected chi connectivity index (χ3v) is 21.4. The molecule has 11 rings (SSSR count). The second kappa shape index (κ2) is 76.8. The molecule has 0 bridgehead atoms. The fraction of sp³-hybridized carbons (Fsp3) is 0.479. The minimum atomic E-state index is -0.658. The standard InChI is InChI=1S/C16H26BFN2O2.C15H18FN5O2.C15H20FN5.C12H24B2O4.C10H14BrFN2.C7H4BrFO.C5H4BrN3O2.C4H12N2.C2H3I3.C2H3I2.C2H4I.C2H5.CH4O.CH4.3V/c1-15(2)16(3,4)22-17(21-15)12-9-13(18)11-14(10-12)19-7-8-20(5)6;1-20(2)6-5-18-12-8-10(7-11(16)9-12)13-3-4-19-15(14(13)17)21(22)23;1-21(2)6-5-19-12-8-10(7-11(16)9-12)13-3-4-20-15(18)14(13)17;1-9(2)10(3,4)16-13(15-9)14-17-11(5,6)12(7,8)18-14;1-14(2)4-3-13-10-6-8(11)5-9(12)7-10;8-6-1-5(4-10)2-7(9)3-6;6-3-1-2-8-5(7)4(3)9(10)11;1-6(2)4-3-5;1-2(3,4)5;1-2(3)4;1-2-3;2*1-2;;;;/h9-11,19H,7-8H2,1-6H3;3-4,7-9,18H,5-6,17H2,1-2H3;3-4,7-9,19H,5-6,17H2,1-2H3,(H2,18,20);1-8H3;5-7,13H,3-4H2,1-2H3;1-4H;1-2H,(H2,7,8);3-5H2,1-2H3;1H3;1H3;2H,1H3;1H2,2H3;2H,1H3;1H4;;;/q;;;;;;;;;3*-1;;;;;. The Morgan fingerprint density at radius 1 is 0.497 bits per heavy atom. The Bertz CT molecular complexity index is 4910. The molecule has 3 fully saturated rings. The van der Waals surface area contributed by atoms with Crippen LogP contribution in [0.5, 0.6) is 0 Å². The van der Waals surface area contributed by atoms with Gasteiger partial charge in [-0.05, 0) is 312 Å². The minimum absolute atomic E-state index is 0. The number of anilines is 8. The van der Waals surface area contributed by atoms with Gasteiger partial charge in [-0.1, -0.05) is 107 Å². The van der Waals surface area contributed by atoms with Crippen LogP contribution in [0.15, 0.2) is 141 Å². The number of carbonyl (C=O) groups is 1. The summed E-state index contributed by atoms with van der Waals surface area (Å²) >= 11 is 23.0. The van der Waals surface area contributed by atoms with Crippen LogP contribution in [0.1, 0.15) is 129 Å². The van der Waals surface area contributed by atoms with Crippen molar-refractivity contribution in [3.63, 3.8) is 0 Å². The molecule has 3 saturated heterocycles. The van der Waals surface area contributed by atoms with Gasteiger partial charge in [0, 0.05) is 189 Å². The molecular formula is C94H145B3Br3F5I6N19O12V3-3. The monoisotopic (exact) mass is 3010 g/mol. The number of nitrogen functional groups attached to an aromatic ring is 4. The van der Waals surface area contributed by atoms with Crippen LogP contribution in [0, 0.1) is 62.6 Å². The van der Waals surface area contributed by atoms with E-state index in [0.717, 1.165) is 81.9 Å². The third-order valence-electron chi connectivity index (χ3n) is 19.9. The van der Waals surface area contributed by atoms with E-state index in [0.29, 0.717) is 71.6 Å². The van der Waals surface area contributed by atoms with Crippen molar-refractivity contribution < 1.29 is 125 Å². The molecule has 5 aromatic carbocycles. The maximum atomic E-state index is 13.9. The van der Waals surface area contributed by atoms with Gasteiger partial charge in [0.25, 0.3) is 0 Å². The topological polar surface area (TPSA) is 412 Å². The fourth-order valence-corrected chi connectivity index (χ4v) is 12.4. The van der Waals surface area contributed by atoms with Gasteiger partial charge in [0.2, 0.25) is 5.82 Å². The predicted octanol–water partition coefficient (Wildman–Crippen LogP) is 22.5. The molecule has 0 amide bonds. The number of nitrogens with two attached hydrogens (primary N) is 5. The van der Waals surface area contributed by atoms with Crippen molar-refractivity contribution in [3.05, 3.63) is 209 Å². The van der Waals surface area contributed by atoms with Crippen molar-refractivity contribution in [1.82, 2.24) is 39.5 Å². The molecule has 0 aliphatic carbocycles. The number of aldehydes is 1. The number of nitrogens with zero attached hydrogens (tertiary/aromatic N) is 10. The van der Waals surface area contributed by atoms with E-state index in [2.05, 4.69) is 260 Å². The molecule has 31 nitrogen and oxygen atoms in total. The van der Waals surface area contributed by atoms with Crippen LogP contribution in [-0.2, 0) is 83.6 Å². The number of likely N-dealkylation sites (N-methyl/N-ethyl adjacent to an activating group) is 5. The molecule has 3 aliphatic rings. The number of halogens is 14. The van der Waals surface area contributed by atoms with Crippen molar-refractivity contribution in [2.24, 2.45) is 5.73 Å². The minimum Gasteiger partial charge on any atom is -0.405 e. The van der Waals surface area contributed by atoms with Crippen molar-refractivity contribution in [2.45, 2.75) is 151 Å². The first-order valence-corrected chi connectivity index (χ1v) is 52.6. The smallest absolute Gasteiger partial charge is 0.405 e. The van der Waals surface area contributed by atoms with E-state index in [9.17, 15) is 47.0 Å². The number of alkyl halides is 3. The van der Waals surface area contributed by atoms with Gasteiger partial charge in [-0.15, -0.1) is 0 Å². The Hall–Kier alpha value is -2.68.